The Hall–Kier alpha value is -1.70. The van der Waals surface area contributed by atoms with Crippen molar-refractivity contribution in [1.29, 1.82) is 0 Å². The molecule has 23 heavy (non-hydrogen) atoms. The second-order valence-corrected chi connectivity index (χ2v) is 5.75. The zero-order valence-corrected chi connectivity index (χ0v) is 14.6. The molecule has 2 aromatic rings. The molecular formula is C20H21Cl2N. The van der Waals surface area contributed by atoms with Crippen molar-refractivity contribution in [3.8, 4) is 0 Å². The van der Waals surface area contributed by atoms with E-state index in [2.05, 4.69) is 66.0 Å². The Morgan fingerprint density at radius 3 is 1.78 bits per heavy atom. The summed E-state index contributed by atoms with van der Waals surface area (Å²) in [4.78, 5) is 0. The summed E-state index contributed by atoms with van der Waals surface area (Å²) in [6.07, 6.45) is 8.19. The molecule has 2 aromatic carbocycles. The van der Waals surface area contributed by atoms with Gasteiger partial charge in [0.2, 0.25) is 0 Å². The van der Waals surface area contributed by atoms with Crippen molar-refractivity contribution < 1.29 is 0 Å². The quantitative estimate of drug-likeness (QED) is 0.563. The molecule has 0 saturated carbocycles. The number of halogens is 2. The van der Waals surface area contributed by atoms with Crippen LogP contribution in [0.15, 0.2) is 54.2 Å². The van der Waals surface area contributed by atoms with E-state index in [-0.39, 0.29) is 24.8 Å². The Labute approximate surface area is 150 Å². The fourth-order valence-corrected chi connectivity index (χ4v) is 3.36. The SMILES string of the molecule is C1=Cc2ccccc2C(=C2CCCCN2)c2ccccc21.Cl.Cl. The number of piperidine rings is 1. The van der Waals surface area contributed by atoms with E-state index in [9.17, 15) is 0 Å². The Kier molecular flexibility index (Phi) is 5.92. The fraction of sp³-hybridized carbons (Fsp3) is 0.200. The third-order valence-corrected chi connectivity index (χ3v) is 4.40. The van der Waals surface area contributed by atoms with E-state index >= 15 is 0 Å². The zero-order chi connectivity index (χ0) is 14.1. The first-order chi connectivity index (χ1) is 10.4. The molecule has 0 bridgehead atoms. The summed E-state index contributed by atoms with van der Waals surface area (Å²) in [5.74, 6) is 0. The van der Waals surface area contributed by atoms with Crippen molar-refractivity contribution in [3.05, 3.63) is 76.5 Å². The van der Waals surface area contributed by atoms with Gasteiger partial charge in [-0.3, -0.25) is 0 Å². The maximum atomic E-state index is 3.65. The average Bonchev–Trinajstić information content (AvgIpc) is 2.72. The smallest absolute Gasteiger partial charge is 0.0193 e. The van der Waals surface area contributed by atoms with Gasteiger partial charge in [-0.2, -0.15) is 0 Å². The molecule has 2 aliphatic rings. The normalized spacial score (nSPS) is 15.3. The molecule has 0 aromatic heterocycles. The van der Waals surface area contributed by atoms with Gasteiger partial charge in [0.15, 0.2) is 0 Å². The van der Waals surface area contributed by atoms with Crippen molar-refractivity contribution >= 4 is 42.5 Å². The zero-order valence-electron chi connectivity index (χ0n) is 12.9. The van der Waals surface area contributed by atoms with E-state index in [1.807, 2.05) is 0 Å². The Balaban J connectivity index is 0.000000960. The lowest BCUT2D eigenvalue weighted by atomic mass is 9.89. The predicted octanol–water partition coefficient (Wildman–Crippen LogP) is 5.55. The second-order valence-electron chi connectivity index (χ2n) is 5.75. The molecule has 0 atom stereocenters. The van der Waals surface area contributed by atoms with E-state index in [1.165, 1.54) is 46.4 Å². The van der Waals surface area contributed by atoms with Gasteiger partial charge in [0.05, 0.1) is 0 Å². The summed E-state index contributed by atoms with van der Waals surface area (Å²) in [7, 11) is 0. The van der Waals surface area contributed by atoms with Gasteiger partial charge in [-0.25, -0.2) is 0 Å². The van der Waals surface area contributed by atoms with Crippen LogP contribution >= 0.6 is 24.8 Å². The number of hydrogen-bond acceptors (Lipinski definition) is 1. The first-order valence-corrected chi connectivity index (χ1v) is 7.77. The molecule has 4 rings (SSSR count). The molecule has 0 radical (unpaired) electrons. The lowest BCUT2D eigenvalue weighted by Crippen LogP contribution is -2.21. The Morgan fingerprint density at radius 2 is 1.26 bits per heavy atom. The number of fused-ring (bicyclic) bond motifs is 2. The molecular weight excluding hydrogens is 325 g/mol. The summed E-state index contributed by atoms with van der Waals surface area (Å²) in [5, 5.41) is 3.65. The van der Waals surface area contributed by atoms with Crippen LogP contribution in [-0.2, 0) is 0 Å². The van der Waals surface area contributed by atoms with Gasteiger partial charge in [-0.05, 0) is 41.5 Å². The van der Waals surface area contributed by atoms with E-state index in [0.717, 1.165) is 13.0 Å². The summed E-state index contributed by atoms with van der Waals surface area (Å²) in [6, 6.07) is 17.4. The van der Waals surface area contributed by atoms with E-state index in [1.54, 1.807) is 0 Å². The van der Waals surface area contributed by atoms with Gasteiger partial charge in [-0.15, -0.1) is 24.8 Å². The molecule has 1 saturated heterocycles. The number of rotatable bonds is 0. The van der Waals surface area contributed by atoms with E-state index in [0.29, 0.717) is 0 Å². The maximum Gasteiger partial charge on any atom is 0.0193 e. The highest BCUT2D eigenvalue weighted by Gasteiger charge is 2.19. The second kappa shape index (κ2) is 7.72. The van der Waals surface area contributed by atoms with Crippen LogP contribution in [0.3, 0.4) is 0 Å². The topological polar surface area (TPSA) is 12.0 Å². The van der Waals surface area contributed by atoms with Crippen LogP contribution in [0.2, 0.25) is 0 Å². The first-order valence-electron chi connectivity index (χ1n) is 7.77. The molecule has 1 heterocycles. The summed E-state index contributed by atoms with van der Waals surface area (Å²) < 4.78 is 0. The standard InChI is InChI=1S/C20H19N.2ClH/c1-3-9-17-15(7-1)12-13-16-8-2-4-10-18(16)20(17)19-11-5-6-14-21-19;;/h1-4,7-10,12-13,21H,5-6,11,14H2;2*1H. The molecule has 1 fully saturated rings. The minimum atomic E-state index is 0. The minimum absolute atomic E-state index is 0. The lowest BCUT2D eigenvalue weighted by Gasteiger charge is -2.23. The van der Waals surface area contributed by atoms with Crippen LogP contribution in [-0.4, -0.2) is 6.54 Å². The monoisotopic (exact) mass is 345 g/mol. The van der Waals surface area contributed by atoms with Gasteiger partial charge in [0.25, 0.3) is 0 Å². The third kappa shape index (κ3) is 3.31. The molecule has 1 aliphatic carbocycles. The average molecular weight is 346 g/mol. The van der Waals surface area contributed by atoms with Crippen LogP contribution < -0.4 is 5.32 Å². The molecule has 0 unspecified atom stereocenters. The van der Waals surface area contributed by atoms with E-state index in [4.69, 9.17) is 0 Å². The third-order valence-electron chi connectivity index (χ3n) is 4.40. The van der Waals surface area contributed by atoms with Crippen LogP contribution in [0.4, 0.5) is 0 Å². The van der Waals surface area contributed by atoms with Crippen molar-refractivity contribution in [2.45, 2.75) is 19.3 Å². The van der Waals surface area contributed by atoms with Crippen LogP contribution in [0.1, 0.15) is 41.5 Å². The Bertz CT molecular complexity index is 687. The first kappa shape index (κ1) is 17.7. The molecule has 0 spiro atoms. The lowest BCUT2D eigenvalue weighted by molar-refractivity contribution is 0.590. The summed E-state index contributed by atoms with van der Waals surface area (Å²) in [6.45, 7) is 1.09. The highest BCUT2D eigenvalue weighted by Crippen LogP contribution is 2.36. The number of allylic oxidation sites excluding steroid dienone is 1. The van der Waals surface area contributed by atoms with E-state index < -0.39 is 0 Å². The number of hydrogen-bond donors (Lipinski definition) is 1. The maximum absolute atomic E-state index is 3.65. The predicted molar refractivity (Wildman–Crippen MR) is 104 cm³/mol. The van der Waals surface area contributed by atoms with Crippen molar-refractivity contribution in [3.63, 3.8) is 0 Å². The largest absolute Gasteiger partial charge is 0.388 e. The van der Waals surface area contributed by atoms with Gasteiger partial charge >= 0.3 is 0 Å². The van der Waals surface area contributed by atoms with Crippen LogP contribution in [0.25, 0.3) is 17.7 Å². The van der Waals surface area contributed by atoms with Gasteiger partial charge in [-0.1, -0.05) is 60.7 Å². The summed E-state index contributed by atoms with van der Waals surface area (Å²) >= 11 is 0. The van der Waals surface area contributed by atoms with Gasteiger partial charge < -0.3 is 5.32 Å². The van der Waals surface area contributed by atoms with Crippen LogP contribution in [0.5, 0.6) is 0 Å². The Morgan fingerprint density at radius 1 is 0.696 bits per heavy atom. The highest BCUT2D eigenvalue weighted by atomic mass is 35.5. The number of nitrogens with one attached hydrogen (secondary N) is 1. The molecule has 120 valence electrons. The highest BCUT2D eigenvalue weighted by molar-refractivity contribution is 5.94. The van der Waals surface area contributed by atoms with Gasteiger partial charge in [0, 0.05) is 17.8 Å². The minimum Gasteiger partial charge on any atom is -0.388 e. The van der Waals surface area contributed by atoms with Crippen LogP contribution in [0, 0.1) is 0 Å². The molecule has 1 aliphatic heterocycles. The van der Waals surface area contributed by atoms with Gasteiger partial charge in [0.1, 0.15) is 0 Å². The van der Waals surface area contributed by atoms with Crippen molar-refractivity contribution in [2.24, 2.45) is 0 Å². The fourth-order valence-electron chi connectivity index (χ4n) is 3.36. The van der Waals surface area contributed by atoms with Crippen molar-refractivity contribution in [2.75, 3.05) is 6.54 Å². The molecule has 3 heteroatoms. The van der Waals surface area contributed by atoms with Crippen molar-refractivity contribution in [1.82, 2.24) is 5.32 Å². The molecule has 1 N–H and O–H groups in total. The number of benzene rings is 2. The molecule has 1 nitrogen and oxygen atoms in total. The summed E-state index contributed by atoms with van der Waals surface area (Å²) in [5.41, 5.74) is 8.12. The molecule has 0 amide bonds.